The Balaban J connectivity index is 1.16. The lowest BCUT2D eigenvalue weighted by molar-refractivity contribution is -0.133. The number of carbonyl (C=O) groups is 2. The second-order valence-corrected chi connectivity index (χ2v) is 12.2. The van der Waals surface area contributed by atoms with Crippen molar-refractivity contribution in [1.82, 2.24) is 10.6 Å². The van der Waals surface area contributed by atoms with Crippen LogP contribution in [0.4, 0.5) is 4.39 Å². The first kappa shape index (κ1) is 30.5. The van der Waals surface area contributed by atoms with Crippen molar-refractivity contribution in [1.29, 1.82) is 0 Å². The molecule has 2 saturated heterocycles. The second kappa shape index (κ2) is 15.0. The van der Waals surface area contributed by atoms with E-state index in [1.54, 1.807) is 6.07 Å². The normalized spacial score (nSPS) is 24.3. The minimum absolute atomic E-state index is 0.124. The maximum Gasteiger partial charge on any atom is 0.244 e. The van der Waals surface area contributed by atoms with Gasteiger partial charge in [0.05, 0.1) is 24.7 Å². The molecule has 0 spiro atoms. The van der Waals surface area contributed by atoms with E-state index in [4.69, 9.17) is 9.47 Å². The van der Waals surface area contributed by atoms with Crippen molar-refractivity contribution < 1.29 is 28.6 Å². The van der Waals surface area contributed by atoms with E-state index in [9.17, 15) is 19.1 Å². The third-order valence-electron chi connectivity index (χ3n) is 9.32. The summed E-state index contributed by atoms with van der Waals surface area (Å²) in [6.07, 6.45) is 11.4. The molecular weight excluding hydrogens is 535 g/mol. The summed E-state index contributed by atoms with van der Waals surface area (Å²) in [6.45, 7) is 0.404. The van der Waals surface area contributed by atoms with Crippen molar-refractivity contribution in [2.45, 2.75) is 95.5 Å². The Morgan fingerprint density at radius 1 is 1.00 bits per heavy atom. The highest BCUT2D eigenvalue weighted by Gasteiger charge is 2.52. The van der Waals surface area contributed by atoms with Gasteiger partial charge in [-0.05, 0) is 60.9 Å². The van der Waals surface area contributed by atoms with Crippen LogP contribution in [-0.4, -0.2) is 48.3 Å². The van der Waals surface area contributed by atoms with Crippen molar-refractivity contribution in [3.8, 4) is 5.75 Å². The summed E-state index contributed by atoms with van der Waals surface area (Å²) in [7, 11) is 0. The molecule has 2 aromatic carbocycles. The van der Waals surface area contributed by atoms with Crippen LogP contribution in [0.3, 0.4) is 0 Å². The summed E-state index contributed by atoms with van der Waals surface area (Å²) in [5, 5.41) is 15.6. The Labute approximate surface area is 248 Å². The first-order chi connectivity index (χ1) is 20.5. The lowest BCUT2D eigenvalue weighted by atomic mass is 9.75. The van der Waals surface area contributed by atoms with Crippen molar-refractivity contribution in [3.63, 3.8) is 0 Å². The zero-order valence-electron chi connectivity index (χ0n) is 24.4. The highest BCUT2D eigenvalue weighted by atomic mass is 19.1. The van der Waals surface area contributed by atoms with Gasteiger partial charge < -0.3 is 25.2 Å². The van der Waals surface area contributed by atoms with Crippen LogP contribution in [0.25, 0.3) is 0 Å². The molecule has 0 radical (unpaired) electrons. The number of unbranched alkanes of at least 4 members (excludes halogenated alkanes) is 1. The van der Waals surface area contributed by atoms with Gasteiger partial charge in [-0.25, -0.2) is 4.39 Å². The van der Waals surface area contributed by atoms with Gasteiger partial charge in [0.2, 0.25) is 11.8 Å². The van der Waals surface area contributed by atoms with Crippen LogP contribution in [0.5, 0.6) is 5.75 Å². The Morgan fingerprint density at radius 3 is 2.57 bits per heavy atom. The van der Waals surface area contributed by atoms with E-state index in [0.29, 0.717) is 30.9 Å². The van der Waals surface area contributed by atoms with Crippen LogP contribution < -0.4 is 15.4 Å². The van der Waals surface area contributed by atoms with Crippen LogP contribution in [0, 0.1) is 23.6 Å². The lowest BCUT2D eigenvalue weighted by Gasteiger charge is -2.29. The lowest BCUT2D eigenvalue weighted by Crippen LogP contribution is -2.53. The van der Waals surface area contributed by atoms with Gasteiger partial charge in [-0.2, -0.15) is 0 Å². The van der Waals surface area contributed by atoms with Crippen molar-refractivity contribution >= 4 is 11.8 Å². The maximum absolute atomic E-state index is 14.3. The number of rotatable bonds is 14. The third kappa shape index (κ3) is 7.90. The maximum atomic E-state index is 14.3. The summed E-state index contributed by atoms with van der Waals surface area (Å²) < 4.78 is 26.6. The number of aliphatic hydroxyl groups excluding tert-OH is 1. The molecule has 3 fully saturated rings. The summed E-state index contributed by atoms with van der Waals surface area (Å²) in [6, 6.07) is 13.2. The summed E-state index contributed by atoms with van der Waals surface area (Å²) >= 11 is 0. The largest absolute Gasteiger partial charge is 0.489 e. The number of fused-ring (bicyclic) bond motifs is 2. The molecule has 2 bridgehead atoms. The Hall–Kier alpha value is -2.97. The molecule has 3 N–H and O–H groups in total. The van der Waals surface area contributed by atoms with E-state index in [1.165, 1.54) is 50.7 Å². The molecule has 8 heteroatoms. The fraction of sp³-hybridized carbons (Fsp3) is 0.588. The first-order valence-electron chi connectivity index (χ1n) is 15.8. The Kier molecular flexibility index (Phi) is 10.9. The van der Waals surface area contributed by atoms with Crippen LogP contribution in [0.1, 0.15) is 75.3 Å². The molecule has 0 aromatic heterocycles. The number of nitrogens with one attached hydrogen (secondary N) is 2. The van der Waals surface area contributed by atoms with Crippen LogP contribution in [-0.2, 0) is 27.4 Å². The van der Waals surface area contributed by atoms with Gasteiger partial charge in [-0.3, -0.25) is 9.59 Å². The van der Waals surface area contributed by atoms with Gasteiger partial charge in [0.1, 0.15) is 24.2 Å². The van der Waals surface area contributed by atoms with Gasteiger partial charge in [-0.1, -0.05) is 75.3 Å². The molecule has 228 valence electrons. The van der Waals surface area contributed by atoms with Crippen molar-refractivity contribution in [3.05, 3.63) is 65.5 Å². The zero-order valence-corrected chi connectivity index (χ0v) is 24.4. The number of carbonyl (C=O) groups excluding carboxylic acids is 2. The van der Waals surface area contributed by atoms with Crippen LogP contribution >= 0.6 is 0 Å². The first-order valence-corrected chi connectivity index (χ1v) is 15.8. The molecular formula is C34H45FN2O5. The number of benzene rings is 2. The Bertz CT molecular complexity index is 1170. The third-order valence-corrected chi connectivity index (χ3v) is 9.32. The molecule has 5 unspecified atom stereocenters. The molecule has 7 nitrogen and oxygen atoms in total. The minimum atomic E-state index is -1.02. The molecule has 2 aromatic rings. The van der Waals surface area contributed by atoms with Crippen LogP contribution in [0.15, 0.2) is 48.5 Å². The van der Waals surface area contributed by atoms with Gasteiger partial charge in [-0.15, -0.1) is 0 Å². The summed E-state index contributed by atoms with van der Waals surface area (Å²) in [5.41, 5.74) is 1.69. The van der Waals surface area contributed by atoms with E-state index in [0.717, 1.165) is 37.2 Å². The smallest absolute Gasteiger partial charge is 0.244 e. The number of aliphatic hydroxyl groups is 1. The van der Waals surface area contributed by atoms with Crippen LogP contribution in [0.2, 0.25) is 0 Å². The molecule has 2 aliphatic heterocycles. The van der Waals surface area contributed by atoms with E-state index < -0.39 is 18.6 Å². The fourth-order valence-electron chi connectivity index (χ4n) is 7.07. The van der Waals surface area contributed by atoms with E-state index in [1.807, 2.05) is 30.3 Å². The Morgan fingerprint density at radius 2 is 1.79 bits per heavy atom. The predicted molar refractivity (Wildman–Crippen MR) is 158 cm³/mol. The van der Waals surface area contributed by atoms with E-state index >= 15 is 0 Å². The molecule has 1 aliphatic carbocycles. The quantitative estimate of drug-likeness (QED) is 0.271. The molecule has 5 rings (SSSR count). The molecule has 42 heavy (non-hydrogen) atoms. The predicted octanol–water partition coefficient (Wildman–Crippen LogP) is 5.08. The topological polar surface area (TPSA) is 96.9 Å². The molecule has 3 aliphatic rings. The SMILES string of the molecule is O=C(NCCCCC1CCCCC1)C(CO)NC(=O)C1C2CCC(O2)C1Cc1cc(F)ccc1OCc1ccccc1. The van der Waals surface area contributed by atoms with E-state index in [-0.39, 0.29) is 35.8 Å². The van der Waals surface area contributed by atoms with Gasteiger partial charge in [0.15, 0.2) is 0 Å². The highest BCUT2D eigenvalue weighted by Crippen LogP contribution is 2.46. The monoisotopic (exact) mass is 580 g/mol. The van der Waals surface area contributed by atoms with E-state index in [2.05, 4.69) is 10.6 Å². The molecule has 2 amide bonds. The summed E-state index contributed by atoms with van der Waals surface area (Å²) in [4.78, 5) is 26.4. The average Bonchev–Trinajstić information content (AvgIpc) is 3.62. The average molecular weight is 581 g/mol. The fourth-order valence-corrected chi connectivity index (χ4v) is 7.07. The van der Waals surface area contributed by atoms with Gasteiger partial charge in [0.25, 0.3) is 0 Å². The van der Waals surface area contributed by atoms with Gasteiger partial charge in [0, 0.05) is 12.5 Å². The number of amides is 2. The van der Waals surface area contributed by atoms with Crippen molar-refractivity contribution in [2.24, 2.45) is 17.8 Å². The number of hydrogen-bond acceptors (Lipinski definition) is 5. The summed E-state index contributed by atoms with van der Waals surface area (Å²) in [5.74, 6) is -0.322. The van der Waals surface area contributed by atoms with Gasteiger partial charge >= 0.3 is 0 Å². The second-order valence-electron chi connectivity index (χ2n) is 12.2. The van der Waals surface area contributed by atoms with Crippen molar-refractivity contribution in [2.75, 3.05) is 13.2 Å². The molecule has 1 saturated carbocycles. The zero-order chi connectivity index (χ0) is 29.3. The number of ether oxygens (including phenoxy) is 2. The highest BCUT2D eigenvalue weighted by molar-refractivity contribution is 5.89. The minimum Gasteiger partial charge on any atom is -0.489 e. The molecule has 2 heterocycles. The standard InChI is InChI=1S/C34H45FN2O5/c35-26-14-15-29(41-22-24-12-5-2-6-13-24)25(19-26)20-27-30-16-17-31(42-30)32(27)34(40)37-28(21-38)33(39)36-18-8-7-11-23-9-3-1-4-10-23/h2,5-6,12-15,19,23,27-28,30-32,38H,1,3-4,7-11,16-18,20-22H2,(H,36,39)(H,37,40). The number of halogens is 1. The number of hydrogen-bond donors (Lipinski definition) is 3. The molecule has 5 atom stereocenters.